The molecule has 2 aromatic carbocycles. The Morgan fingerprint density at radius 3 is 2.32 bits per heavy atom. The molecule has 0 saturated carbocycles. The van der Waals surface area contributed by atoms with Gasteiger partial charge >= 0.3 is 6.18 Å². The number of aryl methyl sites for hydroxylation is 1. The average molecular weight is 399 g/mol. The molecule has 28 heavy (non-hydrogen) atoms. The quantitative estimate of drug-likeness (QED) is 0.462. The number of anilines is 1. The number of hydrogen-bond donors (Lipinski definition) is 0. The number of para-hydroxylation sites is 1. The Kier molecular flexibility index (Phi) is 4.79. The monoisotopic (exact) mass is 399 g/mol. The third-order valence-electron chi connectivity index (χ3n) is 4.99. The molecular formula is C23H20F3NS. The summed E-state index contributed by atoms with van der Waals surface area (Å²) in [6.07, 6.45) is -4.40. The highest BCUT2D eigenvalue weighted by molar-refractivity contribution is 7.11. The van der Waals surface area contributed by atoms with E-state index in [0.717, 1.165) is 26.5 Å². The summed E-state index contributed by atoms with van der Waals surface area (Å²) in [5.41, 5.74) is 3.29. The molecule has 1 aliphatic heterocycles. The Balaban J connectivity index is 1.89. The molecule has 2 heterocycles. The minimum absolute atomic E-state index is 0.283. The van der Waals surface area contributed by atoms with E-state index in [1.54, 1.807) is 11.3 Å². The SMILES string of the molecule is CC1=C(c2ccccc2)c2cccc(C(F)(F)F)c2N(Cc2ccc(C)s2)C1. The van der Waals surface area contributed by atoms with E-state index in [0.29, 0.717) is 18.7 Å². The molecule has 144 valence electrons. The van der Waals surface area contributed by atoms with Gasteiger partial charge in [0.1, 0.15) is 0 Å². The zero-order valence-corrected chi connectivity index (χ0v) is 16.5. The van der Waals surface area contributed by atoms with Crippen LogP contribution in [0.1, 0.15) is 33.4 Å². The summed E-state index contributed by atoms with van der Waals surface area (Å²) >= 11 is 1.63. The summed E-state index contributed by atoms with van der Waals surface area (Å²) < 4.78 is 41.6. The first-order chi connectivity index (χ1) is 13.3. The summed E-state index contributed by atoms with van der Waals surface area (Å²) in [5, 5.41) is 0. The smallest absolute Gasteiger partial charge is 0.361 e. The topological polar surface area (TPSA) is 3.24 Å². The number of halogens is 3. The summed E-state index contributed by atoms with van der Waals surface area (Å²) in [6.45, 7) is 4.97. The number of benzene rings is 2. The number of thiophene rings is 1. The zero-order chi connectivity index (χ0) is 19.9. The van der Waals surface area contributed by atoms with Crippen LogP contribution in [-0.4, -0.2) is 6.54 Å². The van der Waals surface area contributed by atoms with Crippen molar-refractivity contribution in [3.63, 3.8) is 0 Å². The van der Waals surface area contributed by atoms with Crippen molar-refractivity contribution in [3.05, 3.63) is 92.7 Å². The largest absolute Gasteiger partial charge is 0.418 e. The van der Waals surface area contributed by atoms with Gasteiger partial charge in [-0.05, 0) is 48.8 Å². The van der Waals surface area contributed by atoms with Crippen LogP contribution in [0.15, 0.2) is 66.2 Å². The molecule has 0 aliphatic carbocycles. The van der Waals surface area contributed by atoms with Gasteiger partial charge in [-0.15, -0.1) is 11.3 Å². The normalized spacial score (nSPS) is 14.4. The molecule has 3 aromatic rings. The van der Waals surface area contributed by atoms with Crippen molar-refractivity contribution < 1.29 is 13.2 Å². The van der Waals surface area contributed by atoms with Crippen LogP contribution < -0.4 is 4.90 Å². The molecule has 0 radical (unpaired) electrons. The lowest BCUT2D eigenvalue weighted by atomic mass is 9.87. The average Bonchev–Trinajstić information content (AvgIpc) is 3.06. The van der Waals surface area contributed by atoms with E-state index in [1.807, 2.05) is 67.3 Å². The molecule has 0 unspecified atom stereocenters. The van der Waals surface area contributed by atoms with E-state index in [2.05, 4.69) is 0 Å². The number of alkyl halides is 3. The molecular weight excluding hydrogens is 379 g/mol. The number of hydrogen-bond acceptors (Lipinski definition) is 2. The first kappa shape index (κ1) is 18.8. The summed E-state index contributed by atoms with van der Waals surface area (Å²) in [7, 11) is 0. The third-order valence-corrected chi connectivity index (χ3v) is 5.97. The van der Waals surface area contributed by atoms with Gasteiger partial charge in [0.25, 0.3) is 0 Å². The second kappa shape index (κ2) is 7.13. The van der Waals surface area contributed by atoms with E-state index < -0.39 is 11.7 Å². The Bertz CT molecular complexity index is 1030. The van der Waals surface area contributed by atoms with Crippen LogP contribution in [0.3, 0.4) is 0 Å². The standard InChI is InChI=1S/C23H20F3NS/c1-15-13-27(14-18-12-11-16(2)28-18)22-19(9-6-10-20(22)23(24,25)26)21(15)17-7-4-3-5-8-17/h3-12H,13-14H2,1-2H3. The maximum Gasteiger partial charge on any atom is 0.418 e. The van der Waals surface area contributed by atoms with Crippen LogP contribution in [0, 0.1) is 6.92 Å². The first-order valence-electron chi connectivity index (χ1n) is 9.10. The number of fused-ring (bicyclic) bond motifs is 1. The summed E-state index contributed by atoms with van der Waals surface area (Å²) in [6, 6.07) is 18.2. The van der Waals surface area contributed by atoms with Crippen LogP contribution in [0.4, 0.5) is 18.9 Å². The number of rotatable bonds is 3. The molecule has 0 saturated heterocycles. The van der Waals surface area contributed by atoms with Gasteiger partial charge in [-0.1, -0.05) is 42.5 Å². The van der Waals surface area contributed by atoms with E-state index in [1.165, 1.54) is 12.1 Å². The lowest BCUT2D eigenvalue weighted by Gasteiger charge is -2.35. The lowest BCUT2D eigenvalue weighted by molar-refractivity contribution is -0.137. The van der Waals surface area contributed by atoms with Crippen molar-refractivity contribution in [2.75, 3.05) is 11.4 Å². The second-order valence-electron chi connectivity index (χ2n) is 7.09. The van der Waals surface area contributed by atoms with Gasteiger partial charge in [-0.25, -0.2) is 0 Å². The molecule has 0 bridgehead atoms. The second-order valence-corrected chi connectivity index (χ2v) is 8.46. The van der Waals surface area contributed by atoms with Gasteiger partial charge < -0.3 is 4.90 Å². The van der Waals surface area contributed by atoms with Gasteiger partial charge in [-0.3, -0.25) is 0 Å². The predicted molar refractivity (Wildman–Crippen MR) is 110 cm³/mol. The third kappa shape index (κ3) is 3.47. The van der Waals surface area contributed by atoms with Crippen molar-refractivity contribution in [2.24, 2.45) is 0 Å². The van der Waals surface area contributed by atoms with Crippen LogP contribution in [0.2, 0.25) is 0 Å². The van der Waals surface area contributed by atoms with Crippen LogP contribution >= 0.6 is 11.3 Å². The van der Waals surface area contributed by atoms with Crippen LogP contribution in [0.5, 0.6) is 0 Å². The fourth-order valence-electron chi connectivity index (χ4n) is 3.89. The molecule has 5 heteroatoms. The molecule has 0 N–H and O–H groups in total. The van der Waals surface area contributed by atoms with E-state index in [-0.39, 0.29) is 5.69 Å². The van der Waals surface area contributed by atoms with Crippen LogP contribution in [-0.2, 0) is 12.7 Å². The van der Waals surface area contributed by atoms with Crippen molar-refractivity contribution in [1.82, 2.24) is 0 Å². The maximum atomic E-state index is 13.9. The highest BCUT2D eigenvalue weighted by Crippen LogP contribution is 2.46. The van der Waals surface area contributed by atoms with Gasteiger partial charge in [0.05, 0.1) is 17.8 Å². The molecule has 1 aromatic heterocycles. The summed E-state index contributed by atoms with van der Waals surface area (Å²) in [5.74, 6) is 0. The van der Waals surface area contributed by atoms with E-state index >= 15 is 0 Å². The maximum absolute atomic E-state index is 13.9. The van der Waals surface area contributed by atoms with Crippen molar-refractivity contribution >= 4 is 22.6 Å². The minimum Gasteiger partial charge on any atom is -0.361 e. The van der Waals surface area contributed by atoms with Gasteiger partial charge in [0.15, 0.2) is 0 Å². The predicted octanol–water partition coefficient (Wildman–Crippen LogP) is 6.92. The van der Waals surface area contributed by atoms with E-state index in [9.17, 15) is 13.2 Å². The molecule has 0 spiro atoms. The van der Waals surface area contributed by atoms with Crippen molar-refractivity contribution in [1.29, 1.82) is 0 Å². The molecule has 0 atom stereocenters. The molecule has 4 rings (SSSR count). The molecule has 0 amide bonds. The Labute approximate surface area is 166 Å². The minimum atomic E-state index is -4.40. The first-order valence-corrected chi connectivity index (χ1v) is 9.92. The summed E-state index contributed by atoms with van der Waals surface area (Å²) in [4.78, 5) is 4.09. The molecule has 1 aliphatic rings. The Morgan fingerprint density at radius 2 is 1.68 bits per heavy atom. The van der Waals surface area contributed by atoms with Gasteiger partial charge in [0.2, 0.25) is 0 Å². The Hall–Kier alpha value is -2.53. The highest BCUT2D eigenvalue weighted by atomic mass is 32.1. The van der Waals surface area contributed by atoms with E-state index in [4.69, 9.17) is 0 Å². The van der Waals surface area contributed by atoms with Crippen molar-refractivity contribution in [3.8, 4) is 0 Å². The van der Waals surface area contributed by atoms with Gasteiger partial charge in [0, 0.05) is 21.9 Å². The zero-order valence-electron chi connectivity index (χ0n) is 15.7. The highest BCUT2D eigenvalue weighted by Gasteiger charge is 2.38. The number of nitrogens with zero attached hydrogens (tertiary/aromatic N) is 1. The fourth-order valence-corrected chi connectivity index (χ4v) is 4.79. The van der Waals surface area contributed by atoms with Crippen molar-refractivity contribution in [2.45, 2.75) is 26.6 Å². The molecule has 0 fully saturated rings. The van der Waals surface area contributed by atoms with Gasteiger partial charge in [-0.2, -0.15) is 13.2 Å². The van der Waals surface area contributed by atoms with Crippen LogP contribution in [0.25, 0.3) is 5.57 Å². The fraction of sp³-hybridized carbons (Fsp3) is 0.217. The lowest BCUT2D eigenvalue weighted by Crippen LogP contribution is -2.31. The molecule has 1 nitrogen and oxygen atoms in total. The Morgan fingerprint density at radius 1 is 0.929 bits per heavy atom.